The van der Waals surface area contributed by atoms with Crippen LogP contribution in [0.3, 0.4) is 0 Å². The normalized spacial score (nSPS) is 24.2. The number of hydrogen-bond acceptors (Lipinski definition) is 4. The summed E-state index contributed by atoms with van der Waals surface area (Å²) in [6.07, 6.45) is 11.4. The van der Waals surface area contributed by atoms with Gasteiger partial charge in [0.25, 0.3) is 0 Å². The molecule has 2 saturated heterocycles. The van der Waals surface area contributed by atoms with Crippen molar-refractivity contribution in [3.05, 3.63) is 36.0 Å². The van der Waals surface area contributed by atoms with Crippen molar-refractivity contribution in [2.45, 2.75) is 69.1 Å². The van der Waals surface area contributed by atoms with E-state index in [9.17, 15) is 4.79 Å². The maximum atomic E-state index is 13.0. The van der Waals surface area contributed by atoms with E-state index in [0.717, 1.165) is 48.9 Å². The van der Waals surface area contributed by atoms with Crippen molar-refractivity contribution >= 4 is 16.8 Å². The number of amides is 1. The van der Waals surface area contributed by atoms with Gasteiger partial charge in [-0.1, -0.05) is 37.5 Å². The molecule has 6 nitrogen and oxygen atoms in total. The summed E-state index contributed by atoms with van der Waals surface area (Å²) in [5.74, 6) is 0.255. The number of H-pyrrole nitrogens is 1. The number of carbonyl (C=O) groups excluding carboxylic acids is 1. The molecule has 32 heavy (non-hydrogen) atoms. The third kappa shape index (κ3) is 4.09. The topological polar surface area (TPSA) is 57.8 Å². The molecule has 3 heterocycles. The number of ether oxygens (including phenoxy) is 2. The fraction of sp³-hybridized carbons (Fsp3) is 0.654. The van der Waals surface area contributed by atoms with E-state index in [-0.39, 0.29) is 11.4 Å². The average molecular weight is 440 g/mol. The van der Waals surface area contributed by atoms with Crippen LogP contribution in [0.5, 0.6) is 0 Å². The molecule has 3 fully saturated rings. The second kappa shape index (κ2) is 9.54. The van der Waals surface area contributed by atoms with E-state index in [1.54, 1.807) is 7.11 Å². The Kier molecular flexibility index (Phi) is 6.54. The van der Waals surface area contributed by atoms with Gasteiger partial charge in [-0.3, -0.25) is 9.69 Å². The van der Waals surface area contributed by atoms with Gasteiger partial charge in [-0.05, 0) is 37.3 Å². The summed E-state index contributed by atoms with van der Waals surface area (Å²) in [4.78, 5) is 21.2. The van der Waals surface area contributed by atoms with Crippen LogP contribution in [0.4, 0.5) is 0 Å². The number of likely N-dealkylation sites (tertiary alicyclic amines) is 2. The van der Waals surface area contributed by atoms with Crippen LogP contribution in [0.1, 0.15) is 50.5 Å². The molecule has 1 aromatic carbocycles. The zero-order valence-corrected chi connectivity index (χ0v) is 19.4. The molecule has 5 rings (SSSR count). The number of piperidine rings is 1. The van der Waals surface area contributed by atoms with Crippen LogP contribution < -0.4 is 0 Å². The van der Waals surface area contributed by atoms with Crippen LogP contribution >= 0.6 is 0 Å². The maximum Gasteiger partial charge on any atom is 0.227 e. The van der Waals surface area contributed by atoms with Crippen molar-refractivity contribution in [3.8, 4) is 0 Å². The van der Waals surface area contributed by atoms with Crippen molar-refractivity contribution in [2.24, 2.45) is 0 Å². The number of hydrogen-bond donors (Lipinski definition) is 1. The Balaban J connectivity index is 1.17. The van der Waals surface area contributed by atoms with Gasteiger partial charge < -0.3 is 19.4 Å². The van der Waals surface area contributed by atoms with Gasteiger partial charge in [0, 0.05) is 55.4 Å². The molecule has 6 heteroatoms. The Bertz CT molecular complexity index is 912. The molecular weight excluding hydrogens is 402 g/mol. The largest absolute Gasteiger partial charge is 0.382 e. The molecular formula is C26H37N3O3. The van der Waals surface area contributed by atoms with Crippen LogP contribution in [0.15, 0.2) is 30.5 Å². The van der Waals surface area contributed by atoms with Crippen LogP contribution in [0, 0.1) is 0 Å². The fourth-order valence-corrected chi connectivity index (χ4v) is 6.35. The van der Waals surface area contributed by atoms with Gasteiger partial charge in [-0.25, -0.2) is 0 Å². The first-order chi connectivity index (χ1) is 15.7. The number of fused-ring (bicyclic) bond motifs is 1. The molecule has 1 unspecified atom stereocenters. The molecule has 2 aliphatic heterocycles. The van der Waals surface area contributed by atoms with Crippen molar-refractivity contribution in [3.63, 3.8) is 0 Å². The average Bonchev–Trinajstić information content (AvgIpc) is 3.24. The summed E-state index contributed by atoms with van der Waals surface area (Å²) in [7, 11) is 1.74. The molecule has 1 N–H and O–H groups in total. The molecule has 1 aliphatic carbocycles. The second-order valence-corrected chi connectivity index (χ2v) is 9.82. The van der Waals surface area contributed by atoms with Crippen molar-refractivity contribution < 1.29 is 14.3 Å². The highest BCUT2D eigenvalue weighted by Crippen LogP contribution is 2.47. The summed E-state index contributed by atoms with van der Waals surface area (Å²) in [6, 6.07) is 8.80. The summed E-state index contributed by atoms with van der Waals surface area (Å²) < 4.78 is 11.4. The minimum Gasteiger partial charge on any atom is -0.382 e. The van der Waals surface area contributed by atoms with Gasteiger partial charge in [0.1, 0.15) is 0 Å². The fourth-order valence-electron chi connectivity index (χ4n) is 6.35. The first kappa shape index (κ1) is 21.9. The van der Waals surface area contributed by atoms with Crippen LogP contribution in [0.25, 0.3) is 10.9 Å². The molecule has 1 atom stereocenters. The summed E-state index contributed by atoms with van der Waals surface area (Å²) in [5, 5.41) is 1.16. The Hall–Kier alpha value is -1.89. The van der Waals surface area contributed by atoms with Gasteiger partial charge in [0.2, 0.25) is 5.91 Å². The van der Waals surface area contributed by atoms with Gasteiger partial charge in [-0.2, -0.15) is 0 Å². The minimum atomic E-state index is 0.229. The number of aromatic nitrogens is 1. The van der Waals surface area contributed by atoms with Crippen LogP contribution in [-0.4, -0.2) is 78.3 Å². The van der Waals surface area contributed by atoms with Gasteiger partial charge >= 0.3 is 0 Å². The number of nitrogens with zero attached hydrogens (tertiary/aromatic N) is 2. The molecule has 3 aliphatic rings. The molecule has 174 valence electrons. The van der Waals surface area contributed by atoms with Crippen molar-refractivity contribution in [2.75, 3.05) is 40.0 Å². The Labute approximate surface area is 191 Å². The Morgan fingerprint density at radius 2 is 1.91 bits per heavy atom. The molecule has 1 spiro atoms. The zero-order valence-electron chi connectivity index (χ0n) is 19.4. The van der Waals surface area contributed by atoms with E-state index >= 15 is 0 Å². The van der Waals surface area contributed by atoms with E-state index in [2.05, 4.69) is 26.9 Å². The molecule has 1 aromatic heterocycles. The van der Waals surface area contributed by atoms with Crippen LogP contribution in [-0.2, 0) is 20.7 Å². The van der Waals surface area contributed by atoms with Crippen molar-refractivity contribution in [1.29, 1.82) is 0 Å². The lowest BCUT2D eigenvalue weighted by atomic mass is 9.69. The zero-order chi connectivity index (χ0) is 22.0. The monoisotopic (exact) mass is 439 g/mol. The van der Waals surface area contributed by atoms with Crippen molar-refractivity contribution in [1.82, 2.24) is 14.8 Å². The lowest BCUT2D eigenvalue weighted by Gasteiger charge is -2.63. The number of carbonyl (C=O) groups is 1. The van der Waals surface area contributed by atoms with Gasteiger partial charge in [0.15, 0.2) is 0 Å². The first-order valence-electron chi connectivity index (χ1n) is 12.4. The highest BCUT2D eigenvalue weighted by atomic mass is 16.5. The predicted octanol–water partition coefficient (Wildman–Crippen LogP) is 3.75. The SMILES string of the molecule is COCCOC1CN(C2CCN(C(=O)Cc3c[nH]c4ccccc34)CC2)C12CCCCC2. The Morgan fingerprint density at radius 3 is 2.69 bits per heavy atom. The van der Waals surface area contributed by atoms with Crippen LogP contribution in [0.2, 0.25) is 0 Å². The number of methoxy groups -OCH3 is 1. The number of aromatic amines is 1. The van der Waals surface area contributed by atoms with E-state index in [1.165, 1.54) is 32.1 Å². The number of rotatable bonds is 7. The Morgan fingerprint density at radius 1 is 1.12 bits per heavy atom. The molecule has 0 radical (unpaired) electrons. The number of benzene rings is 1. The molecule has 2 aromatic rings. The summed E-state index contributed by atoms with van der Waals surface area (Å²) in [6.45, 7) is 4.14. The second-order valence-electron chi connectivity index (χ2n) is 9.82. The maximum absolute atomic E-state index is 13.0. The van der Waals surface area contributed by atoms with Gasteiger partial charge in [-0.15, -0.1) is 0 Å². The number of nitrogens with one attached hydrogen (secondary N) is 1. The first-order valence-corrected chi connectivity index (χ1v) is 12.4. The third-order valence-electron chi connectivity index (χ3n) is 8.13. The quantitative estimate of drug-likeness (QED) is 0.668. The standard InChI is InChI=1S/C26H37N3O3/c1-31-15-16-32-24-19-29(26(24)11-5-2-6-12-26)21-9-13-28(14-10-21)25(30)17-20-18-27-23-8-4-3-7-22(20)23/h3-4,7-8,18,21,24,27H,2,5-6,9-17,19H2,1H3. The predicted molar refractivity (Wildman–Crippen MR) is 126 cm³/mol. The lowest BCUT2D eigenvalue weighted by Crippen LogP contribution is -2.75. The molecule has 1 amide bonds. The van der Waals surface area contributed by atoms with Gasteiger partial charge in [0.05, 0.1) is 25.7 Å². The summed E-state index contributed by atoms with van der Waals surface area (Å²) in [5.41, 5.74) is 2.44. The minimum absolute atomic E-state index is 0.229. The summed E-state index contributed by atoms with van der Waals surface area (Å²) >= 11 is 0. The highest BCUT2D eigenvalue weighted by molar-refractivity contribution is 5.88. The smallest absolute Gasteiger partial charge is 0.227 e. The highest BCUT2D eigenvalue weighted by Gasteiger charge is 2.56. The lowest BCUT2D eigenvalue weighted by molar-refractivity contribution is -0.204. The van der Waals surface area contributed by atoms with E-state index < -0.39 is 0 Å². The van der Waals surface area contributed by atoms with E-state index in [1.807, 2.05) is 18.3 Å². The third-order valence-corrected chi connectivity index (χ3v) is 8.13. The molecule has 1 saturated carbocycles. The van der Waals surface area contributed by atoms with E-state index in [4.69, 9.17) is 9.47 Å². The number of para-hydroxylation sites is 1. The van der Waals surface area contributed by atoms with E-state index in [0.29, 0.717) is 31.8 Å². The molecule has 0 bridgehead atoms.